The van der Waals surface area contributed by atoms with Crippen molar-refractivity contribution in [1.82, 2.24) is 4.90 Å². The monoisotopic (exact) mass is 201 g/mol. The lowest BCUT2D eigenvalue weighted by Crippen LogP contribution is -2.41. The number of hydrogen-bond acceptors (Lipinski definition) is 2. The van der Waals surface area contributed by atoms with Crippen LogP contribution in [0.1, 0.15) is 34.1 Å². The maximum atomic E-state index is 11.6. The highest BCUT2D eigenvalue weighted by atomic mass is 16.4. The standard InChI is InChI=1S/C10H19NO3/c1-7(9(13)14)11(5)8(12)6-10(2,3)4/h7H,6H2,1-5H3,(H,13,14). The van der Waals surface area contributed by atoms with E-state index in [4.69, 9.17) is 5.11 Å². The molecular weight excluding hydrogens is 182 g/mol. The number of aliphatic carboxylic acids is 1. The van der Waals surface area contributed by atoms with Crippen LogP contribution in [0, 0.1) is 5.41 Å². The molecular formula is C10H19NO3. The van der Waals surface area contributed by atoms with E-state index in [0.29, 0.717) is 6.42 Å². The van der Waals surface area contributed by atoms with Gasteiger partial charge >= 0.3 is 5.97 Å². The third kappa shape index (κ3) is 4.25. The van der Waals surface area contributed by atoms with E-state index < -0.39 is 12.0 Å². The minimum absolute atomic E-state index is 0.108. The molecule has 0 heterocycles. The quantitative estimate of drug-likeness (QED) is 0.750. The molecule has 0 saturated carbocycles. The van der Waals surface area contributed by atoms with Crippen LogP contribution >= 0.6 is 0 Å². The van der Waals surface area contributed by atoms with Crippen LogP contribution in [-0.2, 0) is 9.59 Å². The number of hydrogen-bond donors (Lipinski definition) is 1. The predicted octanol–water partition coefficient (Wildman–Crippen LogP) is 1.35. The average Bonchev–Trinajstić information content (AvgIpc) is 1.98. The van der Waals surface area contributed by atoms with Crippen molar-refractivity contribution in [3.63, 3.8) is 0 Å². The minimum Gasteiger partial charge on any atom is -0.480 e. The van der Waals surface area contributed by atoms with E-state index in [1.165, 1.54) is 18.9 Å². The first-order chi connectivity index (χ1) is 6.15. The van der Waals surface area contributed by atoms with Crippen LogP contribution in [0.5, 0.6) is 0 Å². The van der Waals surface area contributed by atoms with E-state index in [0.717, 1.165) is 0 Å². The predicted molar refractivity (Wildman–Crippen MR) is 53.9 cm³/mol. The van der Waals surface area contributed by atoms with Gasteiger partial charge in [0.25, 0.3) is 0 Å². The Balaban J connectivity index is 4.33. The van der Waals surface area contributed by atoms with Gasteiger partial charge in [0.15, 0.2) is 0 Å². The Hall–Kier alpha value is -1.06. The summed E-state index contributed by atoms with van der Waals surface area (Å²) < 4.78 is 0. The van der Waals surface area contributed by atoms with E-state index >= 15 is 0 Å². The number of carbonyl (C=O) groups excluding carboxylic acids is 1. The average molecular weight is 201 g/mol. The first-order valence-corrected chi connectivity index (χ1v) is 4.63. The third-order valence-corrected chi connectivity index (χ3v) is 2.01. The van der Waals surface area contributed by atoms with Gasteiger partial charge in [-0.3, -0.25) is 4.79 Å². The van der Waals surface area contributed by atoms with Crippen molar-refractivity contribution in [2.75, 3.05) is 7.05 Å². The summed E-state index contributed by atoms with van der Waals surface area (Å²) in [5.41, 5.74) is -0.108. The molecule has 0 radical (unpaired) electrons. The Morgan fingerprint density at radius 3 is 2.07 bits per heavy atom. The van der Waals surface area contributed by atoms with Crippen LogP contribution in [0.4, 0.5) is 0 Å². The summed E-state index contributed by atoms with van der Waals surface area (Å²) in [5, 5.41) is 8.71. The zero-order valence-electron chi connectivity index (χ0n) is 9.50. The zero-order chi connectivity index (χ0) is 11.5. The highest BCUT2D eigenvalue weighted by Gasteiger charge is 2.25. The van der Waals surface area contributed by atoms with E-state index in [9.17, 15) is 9.59 Å². The number of nitrogens with zero attached hydrogens (tertiary/aromatic N) is 1. The normalized spacial score (nSPS) is 13.5. The number of amides is 1. The Morgan fingerprint density at radius 1 is 1.36 bits per heavy atom. The van der Waals surface area contributed by atoms with Crippen LogP contribution < -0.4 is 0 Å². The first-order valence-electron chi connectivity index (χ1n) is 4.63. The van der Waals surface area contributed by atoms with E-state index in [1.807, 2.05) is 20.8 Å². The fourth-order valence-corrected chi connectivity index (χ4v) is 0.960. The van der Waals surface area contributed by atoms with Gasteiger partial charge < -0.3 is 10.0 Å². The summed E-state index contributed by atoms with van der Waals surface area (Å²) in [5.74, 6) is -1.11. The molecule has 1 amide bonds. The maximum absolute atomic E-state index is 11.6. The Bertz CT molecular complexity index is 230. The summed E-state index contributed by atoms with van der Waals surface area (Å²) in [4.78, 5) is 23.5. The smallest absolute Gasteiger partial charge is 0.326 e. The van der Waals surface area contributed by atoms with Crippen molar-refractivity contribution in [1.29, 1.82) is 0 Å². The molecule has 1 N–H and O–H groups in total. The molecule has 82 valence electrons. The Morgan fingerprint density at radius 2 is 1.79 bits per heavy atom. The van der Waals surface area contributed by atoms with Gasteiger partial charge in [0.05, 0.1) is 0 Å². The van der Waals surface area contributed by atoms with Gasteiger partial charge in [-0.05, 0) is 12.3 Å². The van der Waals surface area contributed by atoms with Gasteiger partial charge in [0.2, 0.25) is 5.91 Å². The molecule has 0 aliphatic heterocycles. The van der Waals surface area contributed by atoms with Crippen LogP contribution in [0.15, 0.2) is 0 Å². The summed E-state index contributed by atoms with van der Waals surface area (Å²) in [6.45, 7) is 7.35. The number of carbonyl (C=O) groups is 2. The van der Waals surface area contributed by atoms with Crippen LogP contribution in [0.2, 0.25) is 0 Å². The third-order valence-electron chi connectivity index (χ3n) is 2.01. The van der Waals surface area contributed by atoms with Crippen molar-refractivity contribution in [2.45, 2.75) is 40.2 Å². The Kier molecular flexibility index (Phi) is 4.10. The molecule has 0 aromatic rings. The number of rotatable bonds is 3. The van der Waals surface area contributed by atoms with Crippen molar-refractivity contribution in [3.05, 3.63) is 0 Å². The molecule has 0 fully saturated rings. The number of carboxylic acids is 1. The molecule has 4 nitrogen and oxygen atoms in total. The summed E-state index contributed by atoms with van der Waals surface area (Å²) >= 11 is 0. The molecule has 0 aromatic heterocycles. The van der Waals surface area contributed by atoms with Gasteiger partial charge in [-0.25, -0.2) is 4.79 Å². The molecule has 1 atom stereocenters. The van der Waals surface area contributed by atoms with Gasteiger partial charge in [-0.2, -0.15) is 0 Å². The molecule has 0 saturated heterocycles. The lowest BCUT2D eigenvalue weighted by molar-refractivity contribution is -0.148. The molecule has 0 aromatic carbocycles. The molecule has 0 spiro atoms. The van der Waals surface area contributed by atoms with Crippen LogP contribution in [0.3, 0.4) is 0 Å². The van der Waals surface area contributed by atoms with Crippen LogP contribution in [-0.4, -0.2) is 35.0 Å². The van der Waals surface area contributed by atoms with Crippen molar-refractivity contribution in [3.8, 4) is 0 Å². The van der Waals surface area contributed by atoms with Crippen molar-refractivity contribution in [2.24, 2.45) is 5.41 Å². The summed E-state index contributed by atoms with van der Waals surface area (Å²) in [7, 11) is 1.52. The molecule has 0 aliphatic carbocycles. The number of carboxylic acid groups (broad SMARTS) is 1. The Labute approximate surface area is 84.9 Å². The van der Waals surface area contributed by atoms with Gasteiger partial charge in [0.1, 0.15) is 6.04 Å². The van der Waals surface area contributed by atoms with Gasteiger partial charge in [0, 0.05) is 13.5 Å². The summed E-state index contributed by atoms with van der Waals surface area (Å²) in [6, 6.07) is -0.759. The van der Waals surface area contributed by atoms with Gasteiger partial charge in [-0.15, -0.1) is 0 Å². The second-order valence-electron chi connectivity index (χ2n) is 4.76. The molecule has 0 rings (SSSR count). The molecule has 4 heteroatoms. The highest BCUT2D eigenvalue weighted by Crippen LogP contribution is 2.19. The SMILES string of the molecule is CC(C(=O)O)N(C)C(=O)CC(C)(C)C. The van der Waals surface area contributed by atoms with E-state index in [1.54, 1.807) is 0 Å². The fraction of sp³-hybridized carbons (Fsp3) is 0.800. The second-order valence-corrected chi connectivity index (χ2v) is 4.76. The largest absolute Gasteiger partial charge is 0.480 e. The number of likely N-dealkylation sites (N-methyl/N-ethyl adjacent to an activating group) is 1. The lowest BCUT2D eigenvalue weighted by Gasteiger charge is -2.25. The first kappa shape index (κ1) is 12.9. The summed E-state index contributed by atoms with van der Waals surface area (Å²) in [6.07, 6.45) is 0.362. The van der Waals surface area contributed by atoms with E-state index in [-0.39, 0.29) is 11.3 Å². The van der Waals surface area contributed by atoms with Crippen LogP contribution in [0.25, 0.3) is 0 Å². The maximum Gasteiger partial charge on any atom is 0.326 e. The topological polar surface area (TPSA) is 57.6 Å². The second kappa shape index (κ2) is 4.44. The van der Waals surface area contributed by atoms with Crippen molar-refractivity contribution >= 4 is 11.9 Å². The molecule has 0 bridgehead atoms. The van der Waals surface area contributed by atoms with E-state index in [2.05, 4.69) is 0 Å². The highest BCUT2D eigenvalue weighted by molar-refractivity contribution is 5.83. The van der Waals surface area contributed by atoms with Crippen molar-refractivity contribution < 1.29 is 14.7 Å². The lowest BCUT2D eigenvalue weighted by atomic mass is 9.91. The fourth-order valence-electron chi connectivity index (χ4n) is 0.960. The van der Waals surface area contributed by atoms with Gasteiger partial charge in [-0.1, -0.05) is 20.8 Å². The molecule has 1 unspecified atom stereocenters. The minimum atomic E-state index is -0.977. The molecule has 14 heavy (non-hydrogen) atoms. The molecule has 0 aliphatic rings. The zero-order valence-corrected chi connectivity index (χ0v) is 9.50.